The first kappa shape index (κ1) is 15.1. The summed E-state index contributed by atoms with van der Waals surface area (Å²) in [6.07, 6.45) is 11.3. The van der Waals surface area contributed by atoms with Gasteiger partial charge in [0.25, 0.3) is 0 Å². The summed E-state index contributed by atoms with van der Waals surface area (Å²) in [5.41, 5.74) is 0. The number of urea groups is 1. The molecule has 4 nitrogen and oxygen atoms in total. The number of fused-ring (bicyclic) bond motifs is 1. The summed E-state index contributed by atoms with van der Waals surface area (Å²) >= 11 is 0. The van der Waals surface area contributed by atoms with E-state index in [9.17, 15) is 4.79 Å². The smallest absolute Gasteiger partial charge is 0.317 e. The molecule has 0 spiro atoms. The minimum Gasteiger partial charge on any atom is -0.378 e. The van der Waals surface area contributed by atoms with E-state index in [4.69, 9.17) is 4.74 Å². The molecular formula is C17H30N2O2. The highest BCUT2D eigenvalue weighted by Crippen LogP contribution is 2.36. The van der Waals surface area contributed by atoms with Gasteiger partial charge in [-0.2, -0.15) is 0 Å². The van der Waals surface area contributed by atoms with E-state index in [0.717, 1.165) is 31.9 Å². The molecule has 2 amide bonds. The zero-order valence-electron chi connectivity index (χ0n) is 13.4. The van der Waals surface area contributed by atoms with Gasteiger partial charge >= 0.3 is 6.03 Å². The number of piperidine rings is 1. The third-order valence-electron chi connectivity index (χ3n) is 5.57. The third-order valence-corrected chi connectivity index (χ3v) is 5.57. The highest BCUT2D eigenvalue weighted by atomic mass is 16.5. The second-order valence-corrected chi connectivity index (χ2v) is 7.16. The molecule has 0 bridgehead atoms. The Kier molecular flexibility index (Phi) is 5.04. The van der Waals surface area contributed by atoms with Gasteiger partial charge in [0, 0.05) is 25.2 Å². The highest BCUT2D eigenvalue weighted by Gasteiger charge is 2.37. The number of amides is 2. The summed E-state index contributed by atoms with van der Waals surface area (Å²) in [6, 6.07) is 0.944. The molecule has 21 heavy (non-hydrogen) atoms. The summed E-state index contributed by atoms with van der Waals surface area (Å²) in [5.74, 6) is 0.770. The number of nitrogens with zero attached hydrogens (tertiary/aromatic N) is 1. The summed E-state index contributed by atoms with van der Waals surface area (Å²) in [5, 5.41) is 3.22. The predicted octanol–water partition coefficient (Wildman–Crippen LogP) is 3.31. The Balaban J connectivity index is 1.43. The monoisotopic (exact) mass is 294 g/mol. The highest BCUT2D eigenvalue weighted by molar-refractivity contribution is 5.75. The molecule has 0 aromatic heterocycles. The molecule has 1 aliphatic carbocycles. The Hall–Kier alpha value is -0.770. The predicted molar refractivity (Wildman–Crippen MR) is 83.3 cm³/mol. The average Bonchev–Trinajstić information content (AvgIpc) is 3.15. The normalized spacial score (nSPS) is 33.8. The fourth-order valence-electron chi connectivity index (χ4n) is 4.38. The number of carbonyl (C=O) groups excluding carboxylic acids is 1. The quantitative estimate of drug-likeness (QED) is 0.864. The van der Waals surface area contributed by atoms with Crippen molar-refractivity contribution in [1.82, 2.24) is 10.2 Å². The topological polar surface area (TPSA) is 41.6 Å². The second kappa shape index (κ2) is 6.99. The molecule has 0 unspecified atom stereocenters. The van der Waals surface area contributed by atoms with Gasteiger partial charge in [-0.05, 0) is 64.2 Å². The van der Waals surface area contributed by atoms with Crippen LogP contribution >= 0.6 is 0 Å². The molecule has 0 aromatic carbocycles. The molecule has 3 aliphatic rings. The van der Waals surface area contributed by atoms with Crippen molar-refractivity contribution in [2.75, 3.05) is 13.2 Å². The van der Waals surface area contributed by atoms with Crippen LogP contribution in [0.4, 0.5) is 4.79 Å². The third kappa shape index (κ3) is 3.71. The molecule has 2 saturated heterocycles. The van der Waals surface area contributed by atoms with E-state index in [1.54, 1.807) is 0 Å². The number of carbonyl (C=O) groups is 1. The number of rotatable bonds is 4. The van der Waals surface area contributed by atoms with Crippen LogP contribution in [-0.2, 0) is 4.74 Å². The van der Waals surface area contributed by atoms with Crippen LogP contribution in [0, 0.1) is 5.92 Å². The van der Waals surface area contributed by atoms with E-state index in [1.165, 1.54) is 44.9 Å². The van der Waals surface area contributed by atoms with E-state index in [1.807, 2.05) is 0 Å². The molecular weight excluding hydrogens is 264 g/mol. The Morgan fingerprint density at radius 1 is 1.24 bits per heavy atom. The molecule has 2 aliphatic heterocycles. The van der Waals surface area contributed by atoms with Gasteiger partial charge in [0.1, 0.15) is 0 Å². The standard InChI is InChI=1S/C17H30N2O2/c1-13(9-10-15-7-4-12-21-15)18-17(20)19-11-3-6-14-5-2-8-16(14)19/h13-16H,2-12H2,1H3,(H,18,20)/t13-,14+,15+,16+/m1/s1. The maximum Gasteiger partial charge on any atom is 0.317 e. The van der Waals surface area contributed by atoms with Crippen molar-refractivity contribution in [2.24, 2.45) is 5.92 Å². The molecule has 1 saturated carbocycles. The SMILES string of the molecule is C[C@H](CC[C@@H]1CCCO1)NC(=O)N1CCC[C@@H]2CCC[C@@H]21. The minimum absolute atomic E-state index is 0.173. The largest absolute Gasteiger partial charge is 0.378 e. The van der Waals surface area contributed by atoms with Gasteiger partial charge in [-0.15, -0.1) is 0 Å². The van der Waals surface area contributed by atoms with Gasteiger partial charge in [-0.25, -0.2) is 4.79 Å². The Morgan fingerprint density at radius 3 is 2.90 bits per heavy atom. The van der Waals surface area contributed by atoms with Crippen molar-refractivity contribution in [3.63, 3.8) is 0 Å². The van der Waals surface area contributed by atoms with Crippen LogP contribution in [0.2, 0.25) is 0 Å². The van der Waals surface area contributed by atoms with Crippen molar-refractivity contribution >= 4 is 6.03 Å². The number of hydrogen-bond acceptors (Lipinski definition) is 2. The first-order valence-corrected chi connectivity index (χ1v) is 8.93. The van der Waals surface area contributed by atoms with Gasteiger partial charge in [-0.1, -0.05) is 6.42 Å². The van der Waals surface area contributed by atoms with Crippen LogP contribution < -0.4 is 5.32 Å². The summed E-state index contributed by atoms with van der Waals surface area (Å²) in [6.45, 7) is 4.00. The van der Waals surface area contributed by atoms with Crippen LogP contribution in [0.25, 0.3) is 0 Å². The zero-order chi connectivity index (χ0) is 14.7. The Labute approximate surface area is 128 Å². The number of ether oxygens (including phenoxy) is 1. The zero-order valence-corrected chi connectivity index (χ0v) is 13.4. The van der Waals surface area contributed by atoms with Crippen LogP contribution in [0.1, 0.15) is 64.7 Å². The van der Waals surface area contributed by atoms with E-state index in [2.05, 4.69) is 17.1 Å². The van der Waals surface area contributed by atoms with Crippen molar-refractivity contribution in [2.45, 2.75) is 82.9 Å². The molecule has 3 rings (SSSR count). The number of likely N-dealkylation sites (tertiary alicyclic amines) is 1. The average molecular weight is 294 g/mol. The molecule has 0 aromatic rings. The molecule has 1 N–H and O–H groups in total. The fraction of sp³-hybridized carbons (Fsp3) is 0.941. The van der Waals surface area contributed by atoms with Gasteiger partial charge in [-0.3, -0.25) is 0 Å². The van der Waals surface area contributed by atoms with Crippen LogP contribution in [0.15, 0.2) is 0 Å². The molecule has 4 heteroatoms. The van der Waals surface area contributed by atoms with Gasteiger partial charge in [0.2, 0.25) is 0 Å². The van der Waals surface area contributed by atoms with E-state index in [-0.39, 0.29) is 12.1 Å². The van der Waals surface area contributed by atoms with E-state index in [0.29, 0.717) is 12.1 Å². The lowest BCUT2D eigenvalue weighted by Crippen LogP contribution is -2.52. The molecule has 3 fully saturated rings. The number of hydrogen-bond donors (Lipinski definition) is 1. The van der Waals surface area contributed by atoms with Crippen LogP contribution in [0.3, 0.4) is 0 Å². The maximum atomic E-state index is 12.5. The maximum absolute atomic E-state index is 12.5. The second-order valence-electron chi connectivity index (χ2n) is 7.16. The number of nitrogens with one attached hydrogen (secondary N) is 1. The van der Waals surface area contributed by atoms with Crippen molar-refractivity contribution in [1.29, 1.82) is 0 Å². The lowest BCUT2D eigenvalue weighted by Gasteiger charge is -2.38. The van der Waals surface area contributed by atoms with Gasteiger partial charge in [0.05, 0.1) is 6.10 Å². The van der Waals surface area contributed by atoms with Crippen molar-refractivity contribution in [3.8, 4) is 0 Å². The summed E-state index contributed by atoms with van der Waals surface area (Å²) < 4.78 is 5.66. The Bertz CT molecular complexity index is 355. The first-order chi connectivity index (χ1) is 10.2. The molecule has 2 heterocycles. The summed E-state index contributed by atoms with van der Waals surface area (Å²) in [4.78, 5) is 14.7. The minimum atomic E-state index is 0.173. The Morgan fingerprint density at radius 2 is 2.10 bits per heavy atom. The van der Waals surface area contributed by atoms with E-state index < -0.39 is 0 Å². The van der Waals surface area contributed by atoms with E-state index >= 15 is 0 Å². The van der Waals surface area contributed by atoms with Crippen LogP contribution in [-0.4, -0.2) is 42.3 Å². The molecule has 4 atom stereocenters. The molecule has 0 radical (unpaired) electrons. The van der Waals surface area contributed by atoms with Crippen LogP contribution in [0.5, 0.6) is 0 Å². The fourth-order valence-corrected chi connectivity index (χ4v) is 4.38. The summed E-state index contributed by atoms with van der Waals surface area (Å²) in [7, 11) is 0. The van der Waals surface area contributed by atoms with Gasteiger partial charge < -0.3 is 15.0 Å². The van der Waals surface area contributed by atoms with Crippen molar-refractivity contribution < 1.29 is 9.53 Å². The first-order valence-electron chi connectivity index (χ1n) is 8.93. The van der Waals surface area contributed by atoms with Gasteiger partial charge in [0.15, 0.2) is 0 Å². The van der Waals surface area contributed by atoms with Crippen molar-refractivity contribution in [3.05, 3.63) is 0 Å². The molecule has 120 valence electrons. The lowest BCUT2D eigenvalue weighted by molar-refractivity contribution is 0.0985. The lowest BCUT2D eigenvalue weighted by atomic mass is 9.92.